The third-order valence-corrected chi connectivity index (χ3v) is 2.75. The Labute approximate surface area is 115 Å². The number of para-hydroxylation sites is 1. The van der Waals surface area contributed by atoms with Crippen molar-refractivity contribution >= 4 is 22.9 Å². The minimum Gasteiger partial charge on any atom is -0.480 e. The van der Waals surface area contributed by atoms with Crippen LogP contribution in [0.25, 0.3) is 11.0 Å². The molecule has 1 aromatic carbocycles. The third-order valence-electron chi connectivity index (χ3n) is 2.75. The number of carboxylic acid groups (broad SMARTS) is 1. The molecular weight excluding hydrogens is 258 g/mol. The standard InChI is InChI=1S/C14H13N3O3/c1-2-4-11(14(19)20)17-13(18)9-5-3-6-10-12(9)16-8-7-15-10/h2-3,5-8,11H,1,4H2,(H,17,18)(H,19,20). The highest BCUT2D eigenvalue weighted by Gasteiger charge is 2.20. The van der Waals surface area contributed by atoms with Crippen LogP contribution in [0.1, 0.15) is 16.8 Å². The molecule has 0 aliphatic rings. The van der Waals surface area contributed by atoms with E-state index < -0.39 is 17.9 Å². The summed E-state index contributed by atoms with van der Waals surface area (Å²) >= 11 is 0. The van der Waals surface area contributed by atoms with Gasteiger partial charge in [0.2, 0.25) is 0 Å². The molecule has 2 N–H and O–H groups in total. The van der Waals surface area contributed by atoms with Crippen molar-refractivity contribution in [3.05, 3.63) is 48.8 Å². The van der Waals surface area contributed by atoms with E-state index in [1.807, 2.05) is 0 Å². The van der Waals surface area contributed by atoms with Gasteiger partial charge in [-0.3, -0.25) is 14.8 Å². The first-order valence-corrected chi connectivity index (χ1v) is 5.97. The van der Waals surface area contributed by atoms with E-state index in [0.717, 1.165) is 0 Å². The molecule has 0 bridgehead atoms. The van der Waals surface area contributed by atoms with E-state index >= 15 is 0 Å². The summed E-state index contributed by atoms with van der Waals surface area (Å²) in [5.41, 5.74) is 1.32. The molecule has 102 valence electrons. The van der Waals surface area contributed by atoms with E-state index in [1.165, 1.54) is 18.5 Å². The van der Waals surface area contributed by atoms with Gasteiger partial charge in [0.25, 0.3) is 5.91 Å². The number of carbonyl (C=O) groups excluding carboxylic acids is 1. The summed E-state index contributed by atoms with van der Waals surface area (Å²) in [6, 6.07) is 3.98. The van der Waals surface area contributed by atoms with Crippen LogP contribution in [0.4, 0.5) is 0 Å². The molecule has 2 rings (SSSR count). The van der Waals surface area contributed by atoms with Crippen LogP contribution in [-0.2, 0) is 4.79 Å². The largest absolute Gasteiger partial charge is 0.480 e. The molecule has 0 fully saturated rings. The molecule has 0 saturated carbocycles. The van der Waals surface area contributed by atoms with Crippen molar-refractivity contribution in [1.29, 1.82) is 0 Å². The number of fused-ring (bicyclic) bond motifs is 1. The maximum atomic E-state index is 12.2. The number of carboxylic acids is 1. The van der Waals surface area contributed by atoms with Crippen molar-refractivity contribution < 1.29 is 14.7 Å². The second kappa shape index (κ2) is 5.92. The van der Waals surface area contributed by atoms with E-state index in [1.54, 1.807) is 18.2 Å². The van der Waals surface area contributed by atoms with Crippen LogP contribution in [-0.4, -0.2) is 33.0 Å². The highest BCUT2D eigenvalue weighted by Crippen LogP contribution is 2.14. The number of nitrogens with one attached hydrogen (secondary N) is 1. The monoisotopic (exact) mass is 271 g/mol. The first-order valence-electron chi connectivity index (χ1n) is 5.97. The van der Waals surface area contributed by atoms with Gasteiger partial charge in [0.15, 0.2) is 0 Å². The maximum Gasteiger partial charge on any atom is 0.326 e. The Kier molecular flexibility index (Phi) is 4.05. The lowest BCUT2D eigenvalue weighted by Gasteiger charge is -2.13. The molecule has 1 amide bonds. The van der Waals surface area contributed by atoms with Crippen LogP contribution < -0.4 is 5.32 Å². The van der Waals surface area contributed by atoms with Gasteiger partial charge in [-0.25, -0.2) is 4.79 Å². The quantitative estimate of drug-likeness (QED) is 0.802. The maximum absolute atomic E-state index is 12.2. The van der Waals surface area contributed by atoms with E-state index in [4.69, 9.17) is 5.11 Å². The SMILES string of the molecule is C=CCC(NC(=O)c1cccc2nccnc12)C(=O)O. The average molecular weight is 271 g/mol. The number of nitrogens with zero attached hydrogens (tertiary/aromatic N) is 2. The van der Waals surface area contributed by atoms with E-state index in [-0.39, 0.29) is 6.42 Å². The Morgan fingerprint density at radius 1 is 1.35 bits per heavy atom. The van der Waals surface area contributed by atoms with Crippen LogP contribution >= 0.6 is 0 Å². The summed E-state index contributed by atoms with van der Waals surface area (Å²) in [6.07, 6.45) is 4.61. The molecule has 20 heavy (non-hydrogen) atoms. The van der Waals surface area contributed by atoms with Gasteiger partial charge in [-0.1, -0.05) is 12.1 Å². The van der Waals surface area contributed by atoms with Gasteiger partial charge in [-0.2, -0.15) is 0 Å². The minimum absolute atomic E-state index is 0.150. The molecule has 1 atom stereocenters. The van der Waals surface area contributed by atoms with Crippen LogP contribution in [0.15, 0.2) is 43.2 Å². The zero-order valence-corrected chi connectivity index (χ0v) is 10.6. The van der Waals surface area contributed by atoms with Crippen molar-refractivity contribution in [2.75, 3.05) is 0 Å². The molecule has 1 heterocycles. The lowest BCUT2D eigenvalue weighted by Crippen LogP contribution is -2.40. The van der Waals surface area contributed by atoms with Crippen molar-refractivity contribution in [2.24, 2.45) is 0 Å². The van der Waals surface area contributed by atoms with Crippen molar-refractivity contribution in [3.8, 4) is 0 Å². The fourth-order valence-electron chi connectivity index (χ4n) is 1.80. The average Bonchev–Trinajstić information content (AvgIpc) is 2.46. The summed E-state index contributed by atoms with van der Waals surface area (Å²) < 4.78 is 0. The molecule has 0 aliphatic heterocycles. The summed E-state index contributed by atoms with van der Waals surface area (Å²) in [5.74, 6) is -1.60. The van der Waals surface area contributed by atoms with Crippen molar-refractivity contribution in [2.45, 2.75) is 12.5 Å². The molecule has 6 heteroatoms. The molecule has 1 aromatic heterocycles. The predicted molar refractivity (Wildman–Crippen MR) is 73.2 cm³/mol. The van der Waals surface area contributed by atoms with Crippen LogP contribution in [0.5, 0.6) is 0 Å². The lowest BCUT2D eigenvalue weighted by atomic mass is 10.1. The highest BCUT2D eigenvalue weighted by molar-refractivity contribution is 6.05. The van der Waals surface area contributed by atoms with Crippen LogP contribution in [0.2, 0.25) is 0 Å². The van der Waals surface area contributed by atoms with Crippen molar-refractivity contribution in [3.63, 3.8) is 0 Å². The summed E-state index contributed by atoms with van der Waals surface area (Å²) in [7, 11) is 0. The van der Waals surface area contributed by atoms with Gasteiger partial charge >= 0.3 is 5.97 Å². The zero-order valence-electron chi connectivity index (χ0n) is 10.6. The van der Waals surface area contributed by atoms with Gasteiger partial charge in [-0.15, -0.1) is 6.58 Å². The zero-order chi connectivity index (χ0) is 14.5. The molecule has 6 nitrogen and oxygen atoms in total. The Morgan fingerprint density at radius 3 is 2.80 bits per heavy atom. The fourth-order valence-corrected chi connectivity index (χ4v) is 1.80. The van der Waals surface area contributed by atoms with Crippen molar-refractivity contribution in [1.82, 2.24) is 15.3 Å². The van der Waals surface area contributed by atoms with Gasteiger partial charge in [0.05, 0.1) is 11.1 Å². The summed E-state index contributed by atoms with van der Waals surface area (Å²) in [6.45, 7) is 3.48. The Bertz CT molecular complexity index is 664. The van der Waals surface area contributed by atoms with E-state index in [9.17, 15) is 9.59 Å². The molecule has 0 spiro atoms. The normalized spacial score (nSPS) is 11.8. The lowest BCUT2D eigenvalue weighted by molar-refractivity contribution is -0.139. The summed E-state index contributed by atoms with van der Waals surface area (Å²) in [5, 5.41) is 11.5. The Balaban J connectivity index is 2.31. The van der Waals surface area contributed by atoms with Gasteiger partial charge in [0, 0.05) is 12.4 Å². The second-order valence-corrected chi connectivity index (χ2v) is 4.12. The first-order chi connectivity index (χ1) is 9.63. The van der Waals surface area contributed by atoms with Gasteiger partial charge in [-0.05, 0) is 18.6 Å². The number of amides is 1. The third kappa shape index (κ3) is 2.80. The van der Waals surface area contributed by atoms with Crippen LogP contribution in [0, 0.1) is 0 Å². The number of rotatable bonds is 5. The molecule has 2 aromatic rings. The van der Waals surface area contributed by atoms with Crippen LogP contribution in [0.3, 0.4) is 0 Å². The molecule has 1 unspecified atom stereocenters. The number of hydrogen-bond donors (Lipinski definition) is 2. The second-order valence-electron chi connectivity index (χ2n) is 4.12. The first kappa shape index (κ1) is 13.7. The molecular formula is C14H13N3O3. The topological polar surface area (TPSA) is 92.2 Å². The number of aromatic nitrogens is 2. The number of hydrogen-bond acceptors (Lipinski definition) is 4. The summed E-state index contributed by atoms with van der Waals surface area (Å²) in [4.78, 5) is 31.4. The molecule has 0 radical (unpaired) electrons. The number of aliphatic carboxylic acids is 1. The molecule has 0 saturated heterocycles. The highest BCUT2D eigenvalue weighted by atomic mass is 16.4. The van der Waals surface area contributed by atoms with Gasteiger partial charge in [0.1, 0.15) is 11.6 Å². The van der Waals surface area contributed by atoms with E-state index in [2.05, 4.69) is 21.9 Å². The number of benzene rings is 1. The predicted octanol–water partition coefficient (Wildman–Crippen LogP) is 1.39. The fraction of sp³-hybridized carbons (Fsp3) is 0.143. The van der Waals surface area contributed by atoms with E-state index in [0.29, 0.717) is 16.6 Å². The molecule has 0 aliphatic carbocycles. The Morgan fingerprint density at radius 2 is 2.10 bits per heavy atom. The number of carbonyl (C=O) groups is 2. The smallest absolute Gasteiger partial charge is 0.326 e. The minimum atomic E-state index is -1.11. The van der Waals surface area contributed by atoms with Gasteiger partial charge < -0.3 is 10.4 Å². The Hall–Kier alpha value is -2.76.